The molecule has 0 unspecified atom stereocenters. The highest BCUT2D eigenvalue weighted by molar-refractivity contribution is 5.33. The molecule has 106 valence electrons. The first-order valence-corrected chi connectivity index (χ1v) is 7.37. The van der Waals surface area contributed by atoms with Gasteiger partial charge in [0, 0.05) is 12.1 Å². The van der Waals surface area contributed by atoms with Crippen LogP contribution in [0.3, 0.4) is 0 Å². The Kier molecular flexibility index (Phi) is 6.18. The smallest absolute Gasteiger partial charge is 0.123 e. The van der Waals surface area contributed by atoms with E-state index in [1.165, 1.54) is 37.7 Å². The lowest BCUT2D eigenvalue weighted by atomic mass is 9.98. The van der Waals surface area contributed by atoms with Crippen LogP contribution in [0.25, 0.3) is 0 Å². The van der Waals surface area contributed by atoms with E-state index in [-0.39, 0.29) is 0 Å². The molecule has 0 aromatic heterocycles. The van der Waals surface area contributed by atoms with Gasteiger partial charge in [0.05, 0.1) is 12.7 Å². The summed E-state index contributed by atoms with van der Waals surface area (Å²) in [5.74, 6) is 0.962. The van der Waals surface area contributed by atoms with E-state index in [0.29, 0.717) is 19.3 Å². The van der Waals surface area contributed by atoms with Crippen molar-refractivity contribution in [2.45, 2.75) is 44.8 Å². The van der Waals surface area contributed by atoms with Gasteiger partial charge in [-0.3, -0.25) is 0 Å². The highest BCUT2D eigenvalue weighted by Crippen LogP contribution is 2.20. The summed E-state index contributed by atoms with van der Waals surface area (Å²) in [6, 6.07) is 8.16. The molecular weight excluding hydrogens is 238 g/mol. The largest absolute Gasteiger partial charge is 0.491 e. The fourth-order valence-corrected chi connectivity index (χ4v) is 2.58. The second kappa shape index (κ2) is 8.18. The molecule has 1 aromatic carbocycles. The second-order valence-corrected chi connectivity index (χ2v) is 5.12. The molecule has 0 radical (unpaired) electrons. The monoisotopic (exact) mass is 263 g/mol. The van der Waals surface area contributed by atoms with Gasteiger partial charge in [-0.2, -0.15) is 0 Å². The molecule has 0 atom stereocenters. The van der Waals surface area contributed by atoms with Crippen LogP contribution < -0.4 is 10.1 Å². The minimum Gasteiger partial charge on any atom is -0.491 e. The fourth-order valence-electron chi connectivity index (χ4n) is 2.58. The summed E-state index contributed by atoms with van der Waals surface area (Å²) in [5, 5.41) is 3.16. The van der Waals surface area contributed by atoms with Gasteiger partial charge in [-0.05, 0) is 26.0 Å². The summed E-state index contributed by atoms with van der Waals surface area (Å²) < 4.78 is 11.7. The van der Waals surface area contributed by atoms with Crippen LogP contribution in [0.1, 0.15) is 37.7 Å². The first kappa shape index (κ1) is 14.4. The predicted octanol–water partition coefficient (Wildman–Crippen LogP) is 3.13. The maximum atomic E-state index is 5.86. The number of nitrogens with one attached hydrogen (secondary N) is 1. The van der Waals surface area contributed by atoms with Crippen LogP contribution in [0.4, 0.5) is 0 Å². The highest BCUT2D eigenvalue weighted by atomic mass is 16.5. The van der Waals surface area contributed by atoms with Gasteiger partial charge in [0.15, 0.2) is 0 Å². The molecule has 0 aliphatic heterocycles. The molecule has 19 heavy (non-hydrogen) atoms. The van der Waals surface area contributed by atoms with Crippen molar-refractivity contribution < 1.29 is 9.47 Å². The standard InChI is InChI=1S/C16H25NO2/c1-17-13-14-7-5-6-10-16(14)19-12-11-18-15-8-3-2-4-9-15/h5-7,10,15,17H,2-4,8-9,11-13H2,1H3. The SMILES string of the molecule is CNCc1ccccc1OCCOC1CCCCC1. The van der Waals surface area contributed by atoms with Crippen molar-refractivity contribution in [3.05, 3.63) is 29.8 Å². The van der Waals surface area contributed by atoms with Crippen molar-refractivity contribution in [1.29, 1.82) is 0 Å². The van der Waals surface area contributed by atoms with Crippen molar-refractivity contribution in [3.8, 4) is 5.75 Å². The van der Waals surface area contributed by atoms with E-state index in [1.54, 1.807) is 0 Å². The van der Waals surface area contributed by atoms with Crippen molar-refractivity contribution >= 4 is 0 Å². The van der Waals surface area contributed by atoms with Crippen LogP contribution in [-0.2, 0) is 11.3 Å². The summed E-state index contributed by atoms with van der Waals surface area (Å²) in [6.07, 6.45) is 6.90. The molecule has 0 heterocycles. The van der Waals surface area contributed by atoms with E-state index < -0.39 is 0 Å². The van der Waals surface area contributed by atoms with Gasteiger partial charge in [-0.25, -0.2) is 0 Å². The average Bonchev–Trinajstić information content (AvgIpc) is 2.47. The maximum absolute atomic E-state index is 5.86. The van der Waals surface area contributed by atoms with Crippen molar-refractivity contribution in [2.75, 3.05) is 20.3 Å². The van der Waals surface area contributed by atoms with E-state index >= 15 is 0 Å². The Balaban J connectivity index is 1.70. The van der Waals surface area contributed by atoms with Gasteiger partial charge in [-0.1, -0.05) is 37.5 Å². The van der Waals surface area contributed by atoms with Crippen LogP contribution in [-0.4, -0.2) is 26.4 Å². The van der Waals surface area contributed by atoms with Crippen LogP contribution >= 0.6 is 0 Å². The minimum absolute atomic E-state index is 0.463. The number of ether oxygens (including phenoxy) is 2. The molecule has 0 bridgehead atoms. The molecule has 0 amide bonds. The Morgan fingerprint density at radius 1 is 1.11 bits per heavy atom. The molecule has 1 aromatic rings. The third kappa shape index (κ3) is 4.84. The van der Waals surface area contributed by atoms with Crippen LogP contribution in [0.2, 0.25) is 0 Å². The third-order valence-corrected chi connectivity index (χ3v) is 3.59. The molecule has 0 spiro atoms. The Hall–Kier alpha value is -1.06. The number of para-hydroxylation sites is 1. The van der Waals surface area contributed by atoms with E-state index in [9.17, 15) is 0 Å². The lowest BCUT2D eigenvalue weighted by Gasteiger charge is -2.22. The number of hydrogen-bond donors (Lipinski definition) is 1. The summed E-state index contributed by atoms with van der Waals surface area (Å²) in [4.78, 5) is 0. The molecule has 2 rings (SSSR count). The Labute approximate surface area is 116 Å². The van der Waals surface area contributed by atoms with Gasteiger partial charge in [0.2, 0.25) is 0 Å². The van der Waals surface area contributed by atoms with Crippen LogP contribution in [0.15, 0.2) is 24.3 Å². The van der Waals surface area contributed by atoms with Gasteiger partial charge in [0.1, 0.15) is 12.4 Å². The quantitative estimate of drug-likeness (QED) is 0.767. The Bertz CT molecular complexity index is 362. The van der Waals surface area contributed by atoms with Gasteiger partial charge in [-0.15, -0.1) is 0 Å². The molecule has 3 heteroatoms. The highest BCUT2D eigenvalue weighted by Gasteiger charge is 2.13. The van der Waals surface area contributed by atoms with E-state index in [2.05, 4.69) is 11.4 Å². The zero-order chi connectivity index (χ0) is 13.3. The Morgan fingerprint density at radius 2 is 1.89 bits per heavy atom. The average molecular weight is 263 g/mol. The molecule has 1 fully saturated rings. The normalized spacial score (nSPS) is 16.5. The topological polar surface area (TPSA) is 30.5 Å². The first-order chi connectivity index (χ1) is 9.40. The molecule has 1 saturated carbocycles. The summed E-state index contributed by atoms with van der Waals surface area (Å²) in [6.45, 7) is 2.16. The van der Waals surface area contributed by atoms with Gasteiger partial charge < -0.3 is 14.8 Å². The fraction of sp³-hybridized carbons (Fsp3) is 0.625. The Morgan fingerprint density at radius 3 is 2.68 bits per heavy atom. The van der Waals surface area contributed by atoms with Crippen molar-refractivity contribution in [2.24, 2.45) is 0 Å². The number of hydrogen-bond acceptors (Lipinski definition) is 3. The van der Waals surface area contributed by atoms with E-state index in [1.807, 2.05) is 25.2 Å². The van der Waals surface area contributed by atoms with Crippen molar-refractivity contribution in [1.82, 2.24) is 5.32 Å². The number of rotatable bonds is 7. The van der Waals surface area contributed by atoms with Crippen LogP contribution in [0.5, 0.6) is 5.75 Å². The lowest BCUT2D eigenvalue weighted by molar-refractivity contribution is 0.0128. The third-order valence-electron chi connectivity index (χ3n) is 3.59. The zero-order valence-electron chi connectivity index (χ0n) is 11.9. The second-order valence-electron chi connectivity index (χ2n) is 5.12. The molecular formula is C16H25NO2. The summed E-state index contributed by atoms with van der Waals surface area (Å²) in [5.41, 5.74) is 1.20. The summed E-state index contributed by atoms with van der Waals surface area (Å²) >= 11 is 0. The van der Waals surface area contributed by atoms with Gasteiger partial charge >= 0.3 is 0 Å². The maximum Gasteiger partial charge on any atom is 0.123 e. The first-order valence-electron chi connectivity index (χ1n) is 7.37. The van der Waals surface area contributed by atoms with Crippen LogP contribution in [0, 0.1) is 0 Å². The number of benzene rings is 1. The van der Waals surface area contributed by atoms with E-state index in [4.69, 9.17) is 9.47 Å². The predicted molar refractivity (Wildman–Crippen MR) is 77.5 cm³/mol. The van der Waals surface area contributed by atoms with Crippen molar-refractivity contribution in [3.63, 3.8) is 0 Å². The minimum atomic E-state index is 0.463. The van der Waals surface area contributed by atoms with E-state index in [0.717, 1.165) is 12.3 Å². The molecule has 3 nitrogen and oxygen atoms in total. The molecule has 1 aliphatic rings. The molecule has 1 aliphatic carbocycles. The van der Waals surface area contributed by atoms with Gasteiger partial charge in [0.25, 0.3) is 0 Å². The summed E-state index contributed by atoms with van der Waals surface area (Å²) in [7, 11) is 1.95. The lowest BCUT2D eigenvalue weighted by Crippen LogP contribution is -2.20. The molecule has 1 N–H and O–H groups in total. The zero-order valence-corrected chi connectivity index (χ0v) is 11.9. The molecule has 0 saturated heterocycles.